The smallest absolute Gasteiger partial charge is 0.370 e. The summed E-state index contributed by atoms with van der Waals surface area (Å²) in [7, 11) is 0. The van der Waals surface area contributed by atoms with Crippen LogP contribution in [-0.2, 0) is 9.53 Å². The molecule has 0 aliphatic rings. The molecule has 0 saturated heterocycles. The van der Waals surface area contributed by atoms with Gasteiger partial charge in [0.05, 0.1) is 6.61 Å². The summed E-state index contributed by atoms with van der Waals surface area (Å²) in [6.45, 7) is 1.92. The number of carbonyl (C=O) groups excluding carboxylic acids is 1. The molecule has 0 radical (unpaired) electrons. The van der Waals surface area contributed by atoms with Crippen LogP contribution in [0.3, 0.4) is 0 Å². The Labute approximate surface area is 57.7 Å². The number of nitrogens with zero attached hydrogens (tertiary/aromatic N) is 1. The van der Waals surface area contributed by atoms with E-state index in [9.17, 15) is 4.79 Å². The van der Waals surface area contributed by atoms with E-state index in [1.54, 1.807) is 6.92 Å². The predicted octanol–water partition coefficient (Wildman–Crippen LogP) is 0.908. The van der Waals surface area contributed by atoms with Crippen LogP contribution >= 0.6 is 12.2 Å². The Hall–Kier alpha value is -0.840. The highest BCUT2D eigenvalue weighted by Gasteiger charge is 2.06. The summed E-state index contributed by atoms with van der Waals surface area (Å²) in [5.74, 6) is -0.706. The van der Waals surface area contributed by atoms with Gasteiger partial charge in [-0.2, -0.15) is 0 Å². The fourth-order valence-electron chi connectivity index (χ4n) is 0.238. The first-order chi connectivity index (χ1) is 4.22. The highest BCUT2D eigenvalue weighted by Crippen LogP contribution is 1.84. The summed E-state index contributed by atoms with van der Waals surface area (Å²) in [6, 6.07) is 0. The van der Waals surface area contributed by atoms with Gasteiger partial charge in [-0.1, -0.05) is 0 Å². The van der Waals surface area contributed by atoms with Crippen molar-refractivity contribution in [3.05, 3.63) is 0 Å². The zero-order valence-electron chi connectivity index (χ0n) is 4.88. The molecular weight excluding hydrogens is 140 g/mol. The molecule has 0 bridgehead atoms. The van der Waals surface area contributed by atoms with Crippen molar-refractivity contribution in [2.24, 2.45) is 5.11 Å². The topological polar surface area (TPSA) is 62.5 Å². The van der Waals surface area contributed by atoms with Crippen molar-refractivity contribution in [2.45, 2.75) is 6.92 Å². The zero-order chi connectivity index (χ0) is 7.28. The second-order valence-corrected chi connectivity index (χ2v) is 1.52. The quantitative estimate of drug-likeness (QED) is 0.339. The lowest BCUT2D eigenvalue weighted by molar-refractivity contribution is -0.134. The largest absolute Gasteiger partial charge is 0.461 e. The number of carbonyl (C=O) groups is 1. The minimum Gasteiger partial charge on any atom is -0.461 e. The van der Waals surface area contributed by atoms with Gasteiger partial charge in [-0.05, 0) is 19.1 Å². The molecule has 0 aromatic carbocycles. The molecule has 4 nitrogen and oxygen atoms in total. The van der Waals surface area contributed by atoms with Crippen molar-refractivity contribution >= 4 is 23.2 Å². The third kappa shape index (κ3) is 2.86. The summed E-state index contributed by atoms with van der Waals surface area (Å²) in [4.78, 5) is 10.1. The second kappa shape index (κ2) is 4.08. The number of thiocarbonyl (C=S) groups is 1. The second-order valence-electron chi connectivity index (χ2n) is 1.14. The first-order valence-electron chi connectivity index (χ1n) is 2.31. The Morgan fingerprint density at radius 1 is 1.89 bits per heavy atom. The summed E-state index contributed by atoms with van der Waals surface area (Å²) >= 11 is 4.31. The lowest BCUT2D eigenvalue weighted by Crippen LogP contribution is -2.11. The summed E-state index contributed by atoms with van der Waals surface area (Å²) in [5, 5.41) is 2.71. The first kappa shape index (κ1) is 8.16. The predicted molar refractivity (Wildman–Crippen MR) is 34.4 cm³/mol. The number of rotatable bonds is 1. The average Bonchev–Trinajstić information content (AvgIpc) is 1.87. The van der Waals surface area contributed by atoms with E-state index in [0.717, 1.165) is 0 Å². The van der Waals surface area contributed by atoms with Gasteiger partial charge < -0.3 is 4.74 Å². The van der Waals surface area contributed by atoms with E-state index < -0.39 is 5.97 Å². The molecule has 0 aromatic rings. The van der Waals surface area contributed by atoms with Gasteiger partial charge in [0.15, 0.2) is 0 Å². The van der Waals surface area contributed by atoms with E-state index in [1.165, 1.54) is 0 Å². The number of esters is 1. The third-order valence-corrected chi connectivity index (χ3v) is 0.810. The van der Waals surface area contributed by atoms with Crippen LogP contribution in [0.15, 0.2) is 5.11 Å². The lowest BCUT2D eigenvalue weighted by Gasteiger charge is -1.94. The molecule has 0 amide bonds. The SMILES string of the molecule is CCOC(=O)C(=S)N=N. The number of hydrogen-bond donors (Lipinski definition) is 1. The van der Waals surface area contributed by atoms with Crippen LogP contribution in [0.4, 0.5) is 0 Å². The maximum absolute atomic E-state index is 10.4. The normalized spacial score (nSPS) is 8.11. The molecular formula is C4H6N2O2S. The minimum atomic E-state index is -0.706. The Morgan fingerprint density at radius 3 is 2.78 bits per heavy atom. The highest BCUT2D eigenvalue weighted by molar-refractivity contribution is 7.82. The van der Waals surface area contributed by atoms with Crippen molar-refractivity contribution in [2.75, 3.05) is 6.61 Å². The molecule has 0 aliphatic carbocycles. The molecule has 0 saturated carbocycles. The average molecular weight is 146 g/mol. The fraction of sp³-hybridized carbons (Fsp3) is 0.500. The Morgan fingerprint density at radius 2 is 2.44 bits per heavy atom. The maximum atomic E-state index is 10.4. The van der Waals surface area contributed by atoms with Crippen LogP contribution in [0.2, 0.25) is 0 Å². The maximum Gasteiger partial charge on any atom is 0.370 e. The van der Waals surface area contributed by atoms with E-state index in [4.69, 9.17) is 5.53 Å². The van der Waals surface area contributed by atoms with Gasteiger partial charge in [0.2, 0.25) is 4.99 Å². The van der Waals surface area contributed by atoms with E-state index in [2.05, 4.69) is 22.1 Å². The first-order valence-corrected chi connectivity index (χ1v) is 2.71. The third-order valence-electron chi connectivity index (χ3n) is 0.552. The molecule has 0 unspecified atom stereocenters. The molecule has 5 heteroatoms. The van der Waals surface area contributed by atoms with Crippen LogP contribution in [0, 0.1) is 5.53 Å². The molecule has 0 heterocycles. The summed E-state index contributed by atoms with van der Waals surface area (Å²) < 4.78 is 4.40. The van der Waals surface area contributed by atoms with Crippen molar-refractivity contribution in [3.8, 4) is 0 Å². The Balaban J connectivity index is 3.73. The van der Waals surface area contributed by atoms with Crippen LogP contribution in [0.5, 0.6) is 0 Å². The van der Waals surface area contributed by atoms with Crippen molar-refractivity contribution in [3.63, 3.8) is 0 Å². The molecule has 0 atom stereocenters. The van der Waals surface area contributed by atoms with Gasteiger partial charge in [-0.25, -0.2) is 10.3 Å². The molecule has 1 N–H and O–H groups in total. The molecule has 0 rings (SSSR count). The lowest BCUT2D eigenvalue weighted by atomic mass is 10.7. The van der Waals surface area contributed by atoms with Gasteiger partial charge in [-0.15, -0.1) is 5.11 Å². The molecule has 50 valence electrons. The number of hydrogen-bond acceptors (Lipinski definition) is 4. The minimum absolute atomic E-state index is 0.258. The van der Waals surface area contributed by atoms with E-state index >= 15 is 0 Å². The van der Waals surface area contributed by atoms with E-state index in [-0.39, 0.29) is 11.6 Å². The van der Waals surface area contributed by atoms with Gasteiger partial charge in [0.25, 0.3) is 0 Å². The highest BCUT2D eigenvalue weighted by atomic mass is 32.1. The fourth-order valence-corrected chi connectivity index (χ4v) is 0.297. The number of nitrogens with one attached hydrogen (secondary N) is 1. The van der Waals surface area contributed by atoms with Crippen LogP contribution < -0.4 is 0 Å². The Bertz CT molecular complexity index is 146. The molecule has 9 heavy (non-hydrogen) atoms. The number of ether oxygens (including phenoxy) is 1. The molecule has 0 aromatic heterocycles. The van der Waals surface area contributed by atoms with Gasteiger partial charge >= 0.3 is 5.97 Å². The molecule has 0 aliphatic heterocycles. The summed E-state index contributed by atoms with van der Waals surface area (Å²) in [5.41, 5.74) is 6.30. The van der Waals surface area contributed by atoms with Crippen LogP contribution in [0.25, 0.3) is 0 Å². The molecule has 0 fully saturated rings. The van der Waals surface area contributed by atoms with Gasteiger partial charge in [0, 0.05) is 0 Å². The van der Waals surface area contributed by atoms with Crippen molar-refractivity contribution < 1.29 is 9.53 Å². The van der Waals surface area contributed by atoms with Gasteiger partial charge in [-0.3, -0.25) is 0 Å². The van der Waals surface area contributed by atoms with E-state index in [1.807, 2.05) is 0 Å². The standard InChI is InChI=1S/C4H6N2O2S/c1-2-8-4(7)3(9)6-5/h5H,2H2,1H3. The summed E-state index contributed by atoms with van der Waals surface area (Å²) in [6.07, 6.45) is 0. The van der Waals surface area contributed by atoms with Crippen molar-refractivity contribution in [1.82, 2.24) is 0 Å². The van der Waals surface area contributed by atoms with Crippen LogP contribution in [0.1, 0.15) is 6.92 Å². The molecule has 0 spiro atoms. The van der Waals surface area contributed by atoms with Crippen molar-refractivity contribution in [1.29, 1.82) is 5.53 Å². The zero-order valence-corrected chi connectivity index (χ0v) is 5.70. The monoisotopic (exact) mass is 146 g/mol. The van der Waals surface area contributed by atoms with Gasteiger partial charge in [0.1, 0.15) is 0 Å². The van der Waals surface area contributed by atoms with E-state index in [0.29, 0.717) is 0 Å². The Kier molecular flexibility index (Phi) is 3.70. The van der Waals surface area contributed by atoms with Crippen LogP contribution in [-0.4, -0.2) is 17.6 Å².